The van der Waals surface area contributed by atoms with Gasteiger partial charge in [-0.1, -0.05) is 96.8 Å². The van der Waals surface area contributed by atoms with E-state index in [1.54, 1.807) is 0 Å². The fraction of sp³-hybridized carbons (Fsp3) is 0.909. The normalized spacial score (nSPS) is 15.0. The van der Waals surface area contributed by atoms with Crippen molar-refractivity contribution in [1.82, 2.24) is 0 Å². The summed E-state index contributed by atoms with van der Waals surface area (Å²) < 4.78 is 4.97. The summed E-state index contributed by atoms with van der Waals surface area (Å²) in [4.78, 5) is 23.2. The van der Waals surface area contributed by atoms with Crippen molar-refractivity contribution in [3.05, 3.63) is 0 Å². The van der Waals surface area contributed by atoms with Crippen molar-refractivity contribution in [2.75, 3.05) is 0 Å². The molecule has 4 heteroatoms. The zero-order valence-electron chi connectivity index (χ0n) is 17.0. The Hall–Kier alpha value is -0.900. The van der Waals surface area contributed by atoms with Gasteiger partial charge in [0, 0.05) is 19.3 Å². The van der Waals surface area contributed by atoms with E-state index in [4.69, 9.17) is 10.5 Å². The summed E-state index contributed by atoms with van der Waals surface area (Å²) in [5.74, 6) is -1.16. The molecule has 1 saturated carbocycles. The molecular formula is C22H41NO3. The average Bonchev–Trinajstić information content (AvgIpc) is 3.34. The lowest BCUT2D eigenvalue weighted by Crippen LogP contribution is -2.32. The van der Waals surface area contributed by atoms with Gasteiger partial charge in [-0.05, 0) is 6.42 Å². The van der Waals surface area contributed by atoms with E-state index in [0.717, 1.165) is 19.3 Å². The van der Waals surface area contributed by atoms with Crippen molar-refractivity contribution >= 4 is 11.8 Å². The Labute approximate surface area is 160 Å². The first-order chi connectivity index (χ1) is 12.6. The molecule has 4 nitrogen and oxygen atoms in total. The maximum atomic E-state index is 11.7. The van der Waals surface area contributed by atoms with Gasteiger partial charge in [-0.2, -0.15) is 0 Å². The third-order valence-electron chi connectivity index (χ3n) is 5.27. The van der Waals surface area contributed by atoms with Crippen molar-refractivity contribution < 1.29 is 14.3 Å². The number of esters is 1. The van der Waals surface area contributed by atoms with Crippen LogP contribution in [-0.4, -0.2) is 17.5 Å². The lowest BCUT2D eigenvalue weighted by Gasteiger charge is -2.09. The van der Waals surface area contributed by atoms with Gasteiger partial charge in [0.2, 0.25) is 5.78 Å². The first kappa shape index (κ1) is 23.1. The summed E-state index contributed by atoms with van der Waals surface area (Å²) in [6.07, 6.45) is 21.0. The molecule has 0 bridgehead atoms. The van der Waals surface area contributed by atoms with Crippen LogP contribution in [0.15, 0.2) is 0 Å². The highest BCUT2D eigenvalue weighted by Gasteiger charge is 2.43. The van der Waals surface area contributed by atoms with Crippen LogP contribution in [0.4, 0.5) is 0 Å². The van der Waals surface area contributed by atoms with Crippen LogP contribution in [0.2, 0.25) is 0 Å². The second kappa shape index (κ2) is 14.2. The fourth-order valence-electron chi connectivity index (χ4n) is 3.23. The van der Waals surface area contributed by atoms with Crippen molar-refractivity contribution in [3.63, 3.8) is 0 Å². The van der Waals surface area contributed by atoms with E-state index in [9.17, 15) is 9.59 Å². The third-order valence-corrected chi connectivity index (χ3v) is 5.27. The summed E-state index contributed by atoms with van der Waals surface area (Å²) in [5.41, 5.74) is 4.84. The highest BCUT2D eigenvalue weighted by atomic mass is 16.6. The van der Waals surface area contributed by atoms with Crippen LogP contribution < -0.4 is 5.73 Å². The average molecular weight is 368 g/mol. The van der Waals surface area contributed by atoms with E-state index in [1.807, 2.05) is 0 Å². The molecular weight excluding hydrogens is 326 g/mol. The minimum Gasteiger partial charge on any atom is -0.438 e. The molecule has 0 aromatic rings. The number of hydrogen-bond donors (Lipinski definition) is 1. The van der Waals surface area contributed by atoms with Gasteiger partial charge in [-0.3, -0.25) is 10.5 Å². The molecule has 0 aromatic carbocycles. The quantitative estimate of drug-likeness (QED) is 0.144. The van der Waals surface area contributed by atoms with Gasteiger partial charge in [0.05, 0.1) is 0 Å². The number of rotatable bonds is 18. The van der Waals surface area contributed by atoms with Crippen molar-refractivity contribution in [2.45, 2.75) is 128 Å². The monoisotopic (exact) mass is 367 g/mol. The molecule has 2 N–H and O–H groups in total. The minimum absolute atomic E-state index is 0.299. The van der Waals surface area contributed by atoms with Crippen LogP contribution in [0.1, 0.15) is 122 Å². The molecule has 26 heavy (non-hydrogen) atoms. The third kappa shape index (κ3) is 12.5. The predicted molar refractivity (Wildman–Crippen MR) is 107 cm³/mol. The molecule has 152 valence electrons. The van der Waals surface area contributed by atoms with Crippen LogP contribution in [0.25, 0.3) is 0 Å². The number of carbonyl (C=O) groups excluding carboxylic acids is 2. The summed E-state index contributed by atoms with van der Waals surface area (Å²) in [5, 5.41) is 0. The number of ketones is 1. The molecule has 1 fully saturated rings. The number of hydrogen-bond acceptors (Lipinski definition) is 4. The number of unbranched alkanes of at least 4 members (excludes halogenated alkanes) is 14. The van der Waals surface area contributed by atoms with Crippen LogP contribution in [0.3, 0.4) is 0 Å². The van der Waals surface area contributed by atoms with E-state index >= 15 is 0 Å². The van der Waals surface area contributed by atoms with Crippen molar-refractivity contribution in [2.24, 2.45) is 5.73 Å². The standard InChI is InChI=1S/C22H41NO3/c1-2-3-4-5-6-7-8-9-10-11-12-13-14-15-16-17-20(24)21(25)26-22(23)18-19-22/h2-19,23H2,1H3. The Balaban J connectivity index is 1.76. The smallest absolute Gasteiger partial charge is 0.376 e. The molecule has 0 heterocycles. The van der Waals surface area contributed by atoms with Crippen LogP contribution in [-0.2, 0) is 14.3 Å². The first-order valence-electron chi connectivity index (χ1n) is 11.1. The fourth-order valence-corrected chi connectivity index (χ4v) is 3.23. The summed E-state index contributed by atoms with van der Waals surface area (Å²) in [6.45, 7) is 2.27. The molecule has 0 radical (unpaired) electrons. The predicted octanol–water partition coefficient (Wildman–Crippen LogP) is 5.81. The van der Waals surface area contributed by atoms with Gasteiger partial charge in [-0.25, -0.2) is 4.79 Å². The van der Waals surface area contributed by atoms with E-state index in [2.05, 4.69) is 6.92 Å². The Morgan fingerprint density at radius 2 is 1.12 bits per heavy atom. The molecule has 1 aliphatic rings. The molecule has 1 rings (SSSR count). The van der Waals surface area contributed by atoms with Gasteiger partial charge in [0.15, 0.2) is 5.72 Å². The van der Waals surface area contributed by atoms with Gasteiger partial charge < -0.3 is 4.74 Å². The molecule has 0 saturated heterocycles. The van der Waals surface area contributed by atoms with E-state index in [-0.39, 0.29) is 0 Å². The van der Waals surface area contributed by atoms with E-state index < -0.39 is 17.5 Å². The lowest BCUT2D eigenvalue weighted by molar-refractivity contribution is -0.159. The second-order valence-electron chi connectivity index (χ2n) is 8.08. The van der Waals surface area contributed by atoms with Crippen molar-refractivity contribution in [3.8, 4) is 0 Å². The number of ether oxygens (including phenoxy) is 1. The van der Waals surface area contributed by atoms with Gasteiger partial charge in [-0.15, -0.1) is 0 Å². The maximum Gasteiger partial charge on any atom is 0.376 e. The Kier molecular flexibility index (Phi) is 12.6. The summed E-state index contributed by atoms with van der Waals surface area (Å²) in [6, 6.07) is 0. The van der Waals surface area contributed by atoms with Crippen LogP contribution in [0.5, 0.6) is 0 Å². The number of nitrogens with two attached hydrogens (primary N) is 1. The van der Waals surface area contributed by atoms with Gasteiger partial charge >= 0.3 is 5.97 Å². The van der Waals surface area contributed by atoms with Gasteiger partial charge in [0.1, 0.15) is 0 Å². The topological polar surface area (TPSA) is 69.4 Å². The molecule has 0 atom stereocenters. The largest absolute Gasteiger partial charge is 0.438 e. The van der Waals surface area contributed by atoms with E-state index in [0.29, 0.717) is 19.3 Å². The number of carbonyl (C=O) groups is 2. The zero-order valence-corrected chi connectivity index (χ0v) is 17.0. The summed E-state index contributed by atoms with van der Waals surface area (Å²) in [7, 11) is 0. The van der Waals surface area contributed by atoms with E-state index in [1.165, 1.54) is 77.0 Å². The zero-order chi connectivity index (χ0) is 19.1. The van der Waals surface area contributed by atoms with Crippen molar-refractivity contribution in [1.29, 1.82) is 0 Å². The molecule has 0 aliphatic heterocycles. The summed E-state index contributed by atoms with van der Waals surface area (Å²) >= 11 is 0. The Bertz CT molecular complexity index is 391. The highest BCUT2D eigenvalue weighted by Crippen LogP contribution is 2.33. The minimum atomic E-state index is -0.832. The molecule has 1 aliphatic carbocycles. The molecule has 0 spiro atoms. The molecule has 0 amide bonds. The maximum absolute atomic E-state index is 11.7. The first-order valence-corrected chi connectivity index (χ1v) is 11.1. The Morgan fingerprint density at radius 3 is 1.50 bits per heavy atom. The number of Topliss-reactive ketones (excluding diaryl/α,β-unsaturated/α-hetero) is 1. The Morgan fingerprint density at radius 1 is 0.731 bits per heavy atom. The molecule has 0 unspecified atom stereocenters. The highest BCUT2D eigenvalue weighted by molar-refractivity contribution is 6.33. The van der Waals surface area contributed by atoms with Crippen LogP contribution >= 0.6 is 0 Å². The van der Waals surface area contributed by atoms with Crippen LogP contribution in [0, 0.1) is 0 Å². The second-order valence-corrected chi connectivity index (χ2v) is 8.08. The SMILES string of the molecule is CCCCCCCCCCCCCCCCCC(=O)C(=O)OC1(N)CC1. The molecule has 0 aromatic heterocycles. The lowest BCUT2D eigenvalue weighted by atomic mass is 10.0. The van der Waals surface area contributed by atoms with Gasteiger partial charge in [0.25, 0.3) is 0 Å².